The molecule has 3 aromatic rings. The molecule has 6 nitrogen and oxygen atoms in total. The quantitative estimate of drug-likeness (QED) is 0.281. The minimum Gasteiger partial charge on any atom is -0.493 e. The van der Waals surface area contributed by atoms with Gasteiger partial charge >= 0.3 is 5.97 Å². The summed E-state index contributed by atoms with van der Waals surface area (Å²) in [6.45, 7) is 2.40. The first-order chi connectivity index (χ1) is 15.6. The molecule has 0 aromatic heterocycles. The molecule has 0 saturated carbocycles. The molecule has 0 atom stereocenters. The van der Waals surface area contributed by atoms with Crippen LogP contribution in [0.3, 0.4) is 0 Å². The summed E-state index contributed by atoms with van der Waals surface area (Å²) in [6.07, 6.45) is 0.752. The normalized spacial score (nSPS) is 10.3. The number of carbonyl (C=O) groups excluding carboxylic acids is 3. The summed E-state index contributed by atoms with van der Waals surface area (Å²) in [7, 11) is 0. The van der Waals surface area contributed by atoms with Gasteiger partial charge in [-0.25, -0.2) is 0 Å². The van der Waals surface area contributed by atoms with Crippen molar-refractivity contribution >= 4 is 23.3 Å². The van der Waals surface area contributed by atoms with Gasteiger partial charge in [-0.15, -0.1) is 0 Å². The molecular weight excluding hydrogens is 406 g/mol. The lowest BCUT2D eigenvalue weighted by atomic mass is 10.0. The maximum atomic E-state index is 12.8. The third-order valence-corrected chi connectivity index (χ3v) is 4.66. The van der Waals surface area contributed by atoms with E-state index in [1.165, 1.54) is 0 Å². The van der Waals surface area contributed by atoms with Crippen LogP contribution in [0.25, 0.3) is 0 Å². The van der Waals surface area contributed by atoms with E-state index in [2.05, 4.69) is 5.32 Å². The molecule has 0 aliphatic carbocycles. The van der Waals surface area contributed by atoms with E-state index in [1.54, 1.807) is 67.6 Å². The van der Waals surface area contributed by atoms with Crippen molar-refractivity contribution < 1.29 is 23.9 Å². The minimum absolute atomic E-state index is 0.0787. The molecule has 164 valence electrons. The lowest BCUT2D eigenvalue weighted by Crippen LogP contribution is -2.14. The van der Waals surface area contributed by atoms with E-state index >= 15 is 0 Å². The molecule has 1 amide bonds. The van der Waals surface area contributed by atoms with Crippen LogP contribution in [-0.4, -0.2) is 30.9 Å². The Morgan fingerprint density at radius 3 is 2.19 bits per heavy atom. The number of nitrogens with one attached hydrogen (secondary N) is 1. The largest absolute Gasteiger partial charge is 0.493 e. The molecule has 0 unspecified atom stereocenters. The number of hydrogen-bond acceptors (Lipinski definition) is 5. The van der Waals surface area contributed by atoms with Crippen LogP contribution in [0.5, 0.6) is 5.75 Å². The molecule has 0 bridgehead atoms. The molecule has 0 spiro atoms. The maximum absolute atomic E-state index is 12.8. The SMILES string of the molecule is CCOC(=O)CCCOc1ccccc1C(=O)Nc1ccc(C(=O)c2ccccc2)cc1. The second-order valence-corrected chi connectivity index (χ2v) is 6.98. The molecule has 6 heteroatoms. The molecule has 0 aliphatic rings. The number of hydrogen-bond donors (Lipinski definition) is 1. The number of anilines is 1. The highest BCUT2D eigenvalue weighted by Gasteiger charge is 2.14. The van der Waals surface area contributed by atoms with Crippen LogP contribution >= 0.6 is 0 Å². The van der Waals surface area contributed by atoms with Crippen molar-refractivity contribution in [2.75, 3.05) is 18.5 Å². The summed E-state index contributed by atoms with van der Waals surface area (Å²) >= 11 is 0. The standard InChI is InChI=1S/C26H25NO5/c1-2-31-24(28)13-8-18-32-23-12-7-6-11-22(23)26(30)27-21-16-14-20(15-17-21)25(29)19-9-4-3-5-10-19/h3-7,9-12,14-17H,2,8,13,18H2,1H3,(H,27,30). The van der Waals surface area contributed by atoms with Crippen molar-refractivity contribution in [1.82, 2.24) is 0 Å². The maximum Gasteiger partial charge on any atom is 0.305 e. The first kappa shape index (κ1) is 22.7. The molecule has 1 N–H and O–H groups in total. The topological polar surface area (TPSA) is 81.7 Å². The van der Waals surface area contributed by atoms with Gasteiger partial charge in [-0.1, -0.05) is 42.5 Å². The van der Waals surface area contributed by atoms with E-state index < -0.39 is 0 Å². The van der Waals surface area contributed by atoms with E-state index in [0.29, 0.717) is 47.8 Å². The van der Waals surface area contributed by atoms with Crippen LogP contribution in [0.1, 0.15) is 46.0 Å². The Bertz CT molecular complexity index is 1060. The van der Waals surface area contributed by atoms with Gasteiger partial charge in [-0.3, -0.25) is 14.4 Å². The fraction of sp³-hybridized carbons (Fsp3) is 0.192. The molecule has 0 radical (unpaired) electrons. The van der Waals surface area contributed by atoms with Crippen molar-refractivity contribution in [3.8, 4) is 5.75 Å². The van der Waals surface area contributed by atoms with Gasteiger partial charge in [-0.2, -0.15) is 0 Å². The van der Waals surface area contributed by atoms with Gasteiger partial charge in [0.25, 0.3) is 5.91 Å². The van der Waals surface area contributed by atoms with Gasteiger partial charge in [0.05, 0.1) is 18.8 Å². The fourth-order valence-corrected chi connectivity index (χ4v) is 3.07. The second-order valence-electron chi connectivity index (χ2n) is 6.98. The average molecular weight is 431 g/mol. The van der Waals surface area contributed by atoms with E-state index in [-0.39, 0.29) is 24.1 Å². The molecule has 0 saturated heterocycles. The Kier molecular flexibility index (Phi) is 8.15. The van der Waals surface area contributed by atoms with Gasteiger partial charge in [0.15, 0.2) is 5.78 Å². The van der Waals surface area contributed by atoms with Crippen LogP contribution in [-0.2, 0) is 9.53 Å². The Hall–Kier alpha value is -3.93. The first-order valence-corrected chi connectivity index (χ1v) is 10.5. The highest BCUT2D eigenvalue weighted by atomic mass is 16.5. The van der Waals surface area contributed by atoms with Gasteiger partial charge in [-0.05, 0) is 49.7 Å². The number of para-hydroxylation sites is 1. The van der Waals surface area contributed by atoms with Crippen molar-refractivity contribution in [3.05, 3.63) is 95.6 Å². The molecule has 0 heterocycles. The number of carbonyl (C=O) groups is 3. The highest BCUT2D eigenvalue weighted by Crippen LogP contribution is 2.21. The van der Waals surface area contributed by atoms with Crippen LogP contribution in [0.4, 0.5) is 5.69 Å². The summed E-state index contributed by atoms with van der Waals surface area (Å²) < 4.78 is 10.6. The zero-order valence-corrected chi connectivity index (χ0v) is 17.9. The summed E-state index contributed by atoms with van der Waals surface area (Å²) in [6, 6.07) is 22.7. The highest BCUT2D eigenvalue weighted by molar-refractivity contribution is 6.10. The molecule has 3 rings (SSSR count). The summed E-state index contributed by atoms with van der Waals surface area (Å²) in [5.41, 5.74) is 2.10. The Morgan fingerprint density at radius 2 is 1.47 bits per heavy atom. The Morgan fingerprint density at radius 1 is 0.812 bits per heavy atom. The van der Waals surface area contributed by atoms with Crippen LogP contribution < -0.4 is 10.1 Å². The van der Waals surface area contributed by atoms with Crippen LogP contribution in [0.2, 0.25) is 0 Å². The smallest absolute Gasteiger partial charge is 0.305 e. The fourth-order valence-electron chi connectivity index (χ4n) is 3.07. The van der Waals surface area contributed by atoms with Crippen molar-refractivity contribution in [2.24, 2.45) is 0 Å². The van der Waals surface area contributed by atoms with E-state index in [1.807, 2.05) is 18.2 Å². The van der Waals surface area contributed by atoms with Gasteiger partial charge in [0.2, 0.25) is 0 Å². The van der Waals surface area contributed by atoms with Gasteiger partial charge in [0, 0.05) is 23.2 Å². The minimum atomic E-state index is -0.326. The molecule has 32 heavy (non-hydrogen) atoms. The summed E-state index contributed by atoms with van der Waals surface area (Å²) in [5, 5.41) is 2.83. The number of ether oxygens (including phenoxy) is 2. The monoisotopic (exact) mass is 431 g/mol. The lowest BCUT2D eigenvalue weighted by molar-refractivity contribution is -0.143. The predicted molar refractivity (Wildman–Crippen MR) is 122 cm³/mol. The van der Waals surface area contributed by atoms with Gasteiger partial charge < -0.3 is 14.8 Å². The number of amides is 1. The van der Waals surface area contributed by atoms with Crippen molar-refractivity contribution in [1.29, 1.82) is 0 Å². The lowest BCUT2D eigenvalue weighted by Gasteiger charge is -2.12. The zero-order chi connectivity index (χ0) is 22.8. The molecule has 3 aromatic carbocycles. The molecule has 0 aliphatic heterocycles. The second kappa shape index (κ2) is 11.5. The average Bonchev–Trinajstić information content (AvgIpc) is 2.83. The first-order valence-electron chi connectivity index (χ1n) is 10.5. The predicted octanol–water partition coefficient (Wildman–Crippen LogP) is 4.89. The third-order valence-electron chi connectivity index (χ3n) is 4.66. The Balaban J connectivity index is 1.60. The van der Waals surface area contributed by atoms with Crippen LogP contribution in [0, 0.1) is 0 Å². The number of benzene rings is 3. The number of esters is 1. The van der Waals surface area contributed by atoms with E-state index in [0.717, 1.165) is 0 Å². The van der Waals surface area contributed by atoms with Crippen molar-refractivity contribution in [3.63, 3.8) is 0 Å². The van der Waals surface area contributed by atoms with E-state index in [9.17, 15) is 14.4 Å². The van der Waals surface area contributed by atoms with E-state index in [4.69, 9.17) is 9.47 Å². The van der Waals surface area contributed by atoms with Gasteiger partial charge in [0.1, 0.15) is 5.75 Å². The third kappa shape index (κ3) is 6.28. The van der Waals surface area contributed by atoms with Crippen LogP contribution in [0.15, 0.2) is 78.9 Å². The molecular formula is C26H25NO5. The number of ketones is 1. The summed E-state index contributed by atoms with van der Waals surface area (Å²) in [5.74, 6) is -0.237. The summed E-state index contributed by atoms with van der Waals surface area (Å²) in [4.78, 5) is 36.7. The zero-order valence-electron chi connectivity index (χ0n) is 17.9. The Labute approximate surface area is 187 Å². The number of rotatable bonds is 10. The molecule has 0 fully saturated rings. The van der Waals surface area contributed by atoms with Crippen molar-refractivity contribution in [2.45, 2.75) is 19.8 Å².